The minimum absolute atomic E-state index is 0.258. The predicted octanol–water partition coefficient (Wildman–Crippen LogP) is 3.99. The van der Waals surface area contributed by atoms with Crippen molar-refractivity contribution in [3.05, 3.63) is 54.1 Å². The molecular weight excluding hydrogens is 248 g/mol. The fourth-order valence-corrected chi connectivity index (χ4v) is 2.08. The van der Waals surface area contributed by atoms with E-state index in [-0.39, 0.29) is 5.75 Å². The van der Waals surface area contributed by atoms with Gasteiger partial charge in [0.25, 0.3) is 0 Å². The van der Waals surface area contributed by atoms with Gasteiger partial charge in [-0.25, -0.2) is 0 Å². The summed E-state index contributed by atoms with van der Waals surface area (Å²) in [5.41, 5.74) is 2.63. The maximum atomic E-state index is 10.1. The van der Waals surface area contributed by atoms with Crippen LogP contribution in [0, 0.1) is 0 Å². The molecule has 0 aliphatic rings. The van der Waals surface area contributed by atoms with E-state index in [4.69, 9.17) is 0 Å². The Morgan fingerprint density at radius 1 is 1.05 bits per heavy atom. The highest BCUT2D eigenvalue weighted by Gasteiger charge is 2.05. The summed E-state index contributed by atoms with van der Waals surface area (Å²) in [5, 5.41) is 10.1. The van der Waals surface area contributed by atoms with Gasteiger partial charge in [-0.05, 0) is 38.1 Å². The number of phenols is 1. The summed E-state index contributed by atoms with van der Waals surface area (Å²) < 4.78 is 0. The molecule has 1 N–H and O–H groups in total. The molecule has 0 saturated carbocycles. The third-order valence-electron chi connectivity index (χ3n) is 3.25. The molecule has 0 saturated heterocycles. The van der Waals surface area contributed by atoms with Gasteiger partial charge in [0.05, 0.1) is 5.69 Å². The number of anilines is 1. The van der Waals surface area contributed by atoms with Crippen LogP contribution in [-0.4, -0.2) is 24.4 Å². The standard InChI is InChI=1S/C17H20N2O/c1-3-19(4-2)16-11-10-14(17(20)12-16)13-18-15-8-6-5-7-9-15/h5-13,20H,3-4H2,1-2H3/b18-13+. The Kier molecular flexibility index (Phi) is 4.77. The first-order chi connectivity index (χ1) is 9.74. The number of nitrogens with zero attached hydrogens (tertiary/aromatic N) is 2. The summed E-state index contributed by atoms with van der Waals surface area (Å²) in [6, 6.07) is 15.4. The van der Waals surface area contributed by atoms with E-state index < -0.39 is 0 Å². The van der Waals surface area contributed by atoms with Crippen molar-refractivity contribution in [1.29, 1.82) is 0 Å². The van der Waals surface area contributed by atoms with Crippen LogP contribution >= 0.6 is 0 Å². The molecule has 0 atom stereocenters. The number of aromatic hydroxyl groups is 1. The maximum Gasteiger partial charge on any atom is 0.126 e. The van der Waals surface area contributed by atoms with E-state index in [9.17, 15) is 5.11 Å². The Morgan fingerprint density at radius 2 is 1.75 bits per heavy atom. The van der Waals surface area contributed by atoms with Crippen LogP contribution in [0.2, 0.25) is 0 Å². The Bertz CT molecular complexity index is 575. The molecule has 0 heterocycles. The lowest BCUT2D eigenvalue weighted by Crippen LogP contribution is -2.21. The van der Waals surface area contributed by atoms with Crippen LogP contribution < -0.4 is 4.90 Å². The van der Waals surface area contributed by atoms with Gasteiger partial charge >= 0.3 is 0 Å². The summed E-state index contributed by atoms with van der Waals surface area (Å²) in [4.78, 5) is 6.55. The van der Waals surface area contributed by atoms with E-state index in [2.05, 4.69) is 23.7 Å². The van der Waals surface area contributed by atoms with E-state index in [1.165, 1.54) is 0 Å². The summed E-state index contributed by atoms with van der Waals surface area (Å²) in [5.74, 6) is 0.258. The average Bonchev–Trinajstić information content (AvgIpc) is 2.49. The van der Waals surface area contributed by atoms with Crippen LogP contribution in [0.1, 0.15) is 19.4 Å². The molecule has 0 amide bonds. The highest BCUT2D eigenvalue weighted by Crippen LogP contribution is 2.24. The van der Waals surface area contributed by atoms with Gasteiger partial charge in [-0.3, -0.25) is 4.99 Å². The Balaban J connectivity index is 2.20. The average molecular weight is 268 g/mol. The zero-order valence-corrected chi connectivity index (χ0v) is 12.0. The first kappa shape index (κ1) is 14.1. The lowest BCUT2D eigenvalue weighted by molar-refractivity contribution is 0.474. The Morgan fingerprint density at radius 3 is 2.35 bits per heavy atom. The number of hydrogen-bond acceptors (Lipinski definition) is 3. The van der Waals surface area contributed by atoms with Crippen molar-refractivity contribution in [2.75, 3.05) is 18.0 Å². The van der Waals surface area contributed by atoms with Crippen LogP contribution in [0.3, 0.4) is 0 Å². The number of para-hydroxylation sites is 1. The van der Waals surface area contributed by atoms with Crippen molar-refractivity contribution >= 4 is 17.6 Å². The minimum Gasteiger partial charge on any atom is -0.507 e. The summed E-state index contributed by atoms with van der Waals surface area (Å²) in [7, 11) is 0. The highest BCUT2D eigenvalue weighted by atomic mass is 16.3. The molecule has 2 aromatic rings. The summed E-state index contributed by atoms with van der Waals surface area (Å²) >= 11 is 0. The Hall–Kier alpha value is -2.29. The van der Waals surface area contributed by atoms with Crippen LogP contribution in [0.5, 0.6) is 5.75 Å². The van der Waals surface area contributed by atoms with E-state index in [1.807, 2.05) is 42.5 Å². The first-order valence-corrected chi connectivity index (χ1v) is 6.91. The summed E-state index contributed by atoms with van der Waals surface area (Å²) in [6.45, 7) is 6.05. The van der Waals surface area contributed by atoms with E-state index in [0.29, 0.717) is 0 Å². The number of phenolic OH excluding ortho intramolecular Hbond substituents is 1. The van der Waals surface area contributed by atoms with E-state index in [1.54, 1.807) is 12.3 Å². The number of benzene rings is 2. The third-order valence-corrected chi connectivity index (χ3v) is 3.25. The monoisotopic (exact) mass is 268 g/mol. The molecule has 3 nitrogen and oxygen atoms in total. The number of rotatable bonds is 5. The van der Waals surface area contributed by atoms with Crippen molar-refractivity contribution in [3.8, 4) is 5.75 Å². The fraction of sp³-hybridized carbons (Fsp3) is 0.235. The molecule has 3 heteroatoms. The molecular formula is C17H20N2O. The third kappa shape index (κ3) is 3.38. The first-order valence-electron chi connectivity index (χ1n) is 6.91. The van der Waals surface area contributed by atoms with Gasteiger partial charge in [0, 0.05) is 36.6 Å². The smallest absolute Gasteiger partial charge is 0.126 e. The molecule has 0 unspecified atom stereocenters. The van der Waals surface area contributed by atoms with Crippen molar-refractivity contribution in [2.45, 2.75) is 13.8 Å². The largest absolute Gasteiger partial charge is 0.507 e. The lowest BCUT2D eigenvalue weighted by Gasteiger charge is -2.21. The van der Waals surface area contributed by atoms with Crippen molar-refractivity contribution in [2.24, 2.45) is 4.99 Å². The van der Waals surface area contributed by atoms with Crippen molar-refractivity contribution < 1.29 is 5.11 Å². The molecule has 0 aliphatic carbocycles. The van der Waals surface area contributed by atoms with Gasteiger partial charge in [0.1, 0.15) is 5.75 Å². The zero-order chi connectivity index (χ0) is 14.4. The van der Waals surface area contributed by atoms with Gasteiger partial charge in [-0.2, -0.15) is 0 Å². The fourth-order valence-electron chi connectivity index (χ4n) is 2.08. The van der Waals surface area contributed by atoms with Crippen LogP contribution in [0.4, 0.5) is 11.4 Å². The molecule has 0 aromatic heterocycles. The van der Waals surface area contributed by atoms with Gasteiger partial charge in [-0.1, -0.05) is 18.2 Å². The second-order valence-corrected chi connectivity index (χ2v) is 4.51. The van der Waals surface area contributed by atoms with Gasteiger partial charge in [0.2, 0.25) is 0 Å². The van der Waals surface area contributed by atoms with Crippen LogP contribution in [0.15, 0.2) is 53.5 Å². The topological polar surface area (TPSA) is 35.8 Å². The molecule has 0 fully saturated rings. The van der Waals surface area contributed by atoms with Crippen molar-refractivity contribution in [1.82, 2.24) is 0 Å². The van der Waals surface area contributed by atoms with Gasteiger partial charge in [0.15, 0.2) is 0 Å². The zero-order valence-electron chi connectivity index (χ0n) is 12.0. The molecule has 2 rings (SSSR count). The summed E-state index contributed by atoms with van der Waals surface area (Å²) in [6.07, 6.45) is 1.69. The normalized spacial score (nSPS) is 10.9. The molecule has 0 aliphatic heterocycles. The van der Waals surface area contributed by atoms with E-state index in [0.717, 1.165) is 30.0 Å². The highest BCUT2D eigenvalue weighted by molar-refractivity contribution is 5.86. The molecule has 0 spiro atoms. The SMILES string of the molecule is CCN(CC)c1ccc(/C=N/c2ccccc2)c(O)c1. The minimum atomic E-state index is 0.258. The second-order valence-electron chi connectivity index (χ2n) is 4.51. The second kappa shape index (κ2) is 6.75. The Labute approximate surface area is 120 Å². The van der Waals surface area contributed by atoms with Crippen LogP contribution in [-0.2, 0) is 0 Å². The molecule has 104 valence electrons. The van der Waals surface area contributed by atoms with Gasteiger partial charge < -0.3 is 10.0 Å². The van der Waals surface area contributed by atoms with Crippen LogP contribution in [0.25, 0.3) is 0 Å². The quantitative estimate of drug-likeness (QED) is 0.832. The van der Waals surface area contributed by atoms with Crippen molar-refractivity contribution in [3.63, 3.8) is 0 Å². The lowest BCUT2D eigenvalue weighted by atomic mass is 10.2. The number of aliphatic imine (C=N–C) groups is 1. The number of hydrogen-bond donors (Lipinski definition) is 1. The molecule has 0 radical (unpaired) electrons. The molecule has 0 bridgehead atoms. The molecule has 2 aromatic carbocycles. The van der Waals surface area contributed by atoms with E-state index >= 15 is 0 Å². The van der Waals surface area contributed by atoms with Gasteiger partial charge in [-0.15, -0.1) is 0 Å². The molecule has 20 heavy (non-hydrogen) atoms. The maximum absolute atomic E-state index is 10.1. The predicted molar refractivity (Wildman–Crippen MR) is 85.4 cm³/mol.